The minimum Gasteiger partial charge on any atom is -0.478 e. The van der Waals surface area contributed by atoms with Crippen molar-refractivity contribution in [1.82, 2.24) is 0 Å². The number of hydrogen-bond donors (Lipinski definition) is 1. The summed E-state index contributed by atoms with van der Waals surface area (Å²) in [5, 5.41) is 8.96. The van der Waals surface area contributed by atoms with Gasteiger partial charge in [0, 0.05) is 19.8 Å². The molecular weight excluding hydrogens is 190 g/mol. The zero-order valence-electron chi connectivity index (χ0n) is 7.41. The predicted molar refractivity (Wildman–Crippen MR) is 52.7 cm³/mol. The van der Waals surface area contributed by atoms with Crippen molar-refractivity contribution in [3.63, 3.8) is 0 Å². The van der Waals surface area contributed by atoms with Gasteiger partial charge in [0.1, 0.15) is 0 Å². The number of anilines is 1. The Hall–Kier alpha value is -1.22. The molecule has 0 spiro atoms. The van der Waals surface area contributed by atoms with Gasteiger partial charge in [-0.3, -0.25) is 0 Å². The normalized spacial score (nSPS) is 9.77. The Morgan fingerprint density at radius 2 is 2.08 bits per heavy atom. The van der Waals surface area contributed by atoms with E-state index in [4.69, 9.17) is 16.7 Å². The maximum atomic E-state index is 10.6. The summed E-state index contributed by atoms with van der Waals surface area (Å²) in [7, 11) is 3.73. The van der Waals surface area contributed by atoms with Crippen molar-refractivity contribution in [2.75, 3.05) is 19.0 Å². The Bertz CT molecular complexity index is 336. The Morgan fingerprint density at radius 1 is 1.46 bits per heavy atom. The number of hydrogen-bond acceptors (Lipinski definition) is 2. The SMILES string of the molecule is CN(C)c1ccc(C(=O)O)c(Cl)c1. The van der Waals surface area contributed by atoms with Crippen molar-refractivity contribution in [3.8, 4) is 0 Å². The van der Waals surface area contributed by atoms with E-state index < -0.39 is 5.97 Å². The molecule has 0 aromatic heterocycles. The molecule has 0 aliphatic carbocycles. The molecule has 0 bridgehead atoms. The third-order valence-electron chi connectivity index (χ3n) is 1.70. The van der Waals surface area contributed by atoms with E-state index in [9.17, 15) is 4.79 Å². The molecule has 0 unspecified atom stereocenters. The number of carboxylic acid groups (broad SMARTS) is 1. The summed E-state index contributed by atoms with van der Waals surface area (Å²) in [6, 6.07) is 4.85. The van der Waals surface area contributed by atoms with Gasteiger partial charge in [0.15, 0.2) is 0 Å². The van der Waals surface area contributed by atoms with Gasteiger partial charge in [-0.1, -0.05) is 11.6 Å². The number of aromatic carboxylic acids is 1. The Balaban J connectivity index is 3.13. The van der Waals surface area contributed by atoms with Crippen LogP contribution in [0, 0.1) is 0 Å². The molecular formula is C9H10ClNO2. The van der Waals surface area contributed by atoms with Crippen molar-refractivity contribution in [1.29, 1.82) is 0 Å². The Morgan fingerprint density at radius 3 is 2.46 bits per heavy atom. The van der Waals surface area contributed by atoms with Crippen LogP contribution >= 0.6 is 11.6 Å². The van der Waals surface area contributed by atoms with Gasteiger partial charge in [0.05, 0.1) is 10.6 Å². The number of carboxylic acids is 1. The van der Waals surface area contributed by atoms with Crippen molar-refractivity contribution in [2.45, 2.75) is 0 Å². The maximum Gasteiger partial charge on any atom is 0.337 e. The average Bonchev–Trinajstić information content (AvgIpc) is 2.03. The highest BCUT2D eigenvalue weighted by molar-refractivity contribution is 6.33. The summed E-state index contributed by atoms with van der Waals surface area (Å²) < 4.78 is 0. The van der Waals surface area contributed by atoms with E-state index in [1.54, 1.807) is 12.1 Å². The predicted octanol–water partition coefficient (Wildman–Crippen LogP) is 2.10. The number of benzene rings is 1. The standard InChI is InChI=1S/C9H10ClNO2/c1-11(2)6-3-4-7(9(12)13)8(10)5-6/h3-5H,1-2H3,(H,12,13). The molecule has 0 aliphatic heterocycles. The van der Waals surface area contributed by atoms with Crippen LogP contribution in [-0.2, 0) is 0 Å². The molecule has 0 heterocycles. The lowest BCUT2D eigenvalue weighted by atomic mass is 10.2. The van der Waals surface area contributed by atoms with E-state index in [1.807, 2.05) is 19.0 Å². The third kappa shape index (κ3) is 2.12. The summed E-state index contributed by atoms with van der Waals surface area (Å²) in [6.45, 7) is 0. The number of rotatable bonds is 2. The molecule has 1 aromatic rings. The third-order valence-corrected chi connectivity index (χ3v) is 2.01. The molecule has 0 saturated heterocycles. The van der Waals surface area contributed by atoms with Crippen LogP contribution in [-0.4, -0.2) is 25.2 Å². The fourth-order valence-corrected chi connectivity index (χ4v) is 1.21. The van der Waals surface area contributed by atoms with E-state index in [0.717, 1.165) is 5.69 Å². The second-order valence-corrected chi connectivity index (χ2v) is 3.27. The first kappa shape index (κ1) is 9.86. The molecule has 0 amide bonds. The van der Waals surface area contributed by atoms with Crippen LogP contribution < -0.4 is 4.90 Å². The van der Waals surface area contributed by atoms with E-state index >= 15 is 0 Å². The first-order valence-corrected chi connectivity index (χ1v) is 4.10. The summed E-state index contributed by atoms with van der Waals surface area (Å²) >= 11 is 5.76. The van der Waals surface area contributed by atoms with Gasteiger partial charge < -0.3 is 10.0 Å². The molecule has 4 heteroatoms. The van der Waals surface area contributed by atoms with E-state index in [0.29, 0.717) is 0 Å². The number of nitrogens with zero attached hydrogens (tertiary/aromatic N) is 1. The molecule has 1 aromatic carbocycles. The van der Waals surface area contributed by atoms with Crippen LogP contribution in [0.1, 0.15) is 10.4 Å². The lowest BCUT2D eigenvalue weighted by Gasteiger charge is -2.12. The molecule has 0 aliphatic rings. The highest BCUT2D eigenvalue weighted by Gasteiger charge is 2.08. The first-order chi connectivity index (χ1) is 6.02. The second kappa shape index (κ2) is 3.66. The second-order valence-electron chi connectivity index (χ2n) is 2.86. The van der Waals surface area contributed by atoms with Crippen LogP contribution in [0.4, 0.5) is 5.69 Å². The largest absolute Gasteiger partial charge is 0.478 e. The highest BCUT2D eigenvalue weighted by Crippen LogP contribution is 2.22. The van der Waals surface area contributed by atoms with Gasteiger partial charge in [-0.25, -0.2) is 4.79 Å². The van der Waals surface area contributed by atoms with Gasteiger partial charge >= 0.3 is 5.97 Å². The zero-order chi connectivity index (χ0) is 10.0. The van der Waals surface area contributed by atoms with Crippen molar-refractivity contribution < 1.29 is 9.90 Å². The molecule has 3 nitrogen and oxygen atoms in total. The lowest BCUT2D eigenvalue weighted by molar-refractivity contribution is 0.0697. The summed E-state index contributed by atoms with van der Waals surface area (Å²) in [6.07, 6.45) is 0. The quantitative estimate of drug-likeness (QED) is 0.793. The van der Waals surface area contributed by atoms with Gasteiger partial charge in [-0.2, -0.15) is 0 Å². The highest BCUT2D eigenvalue weighted by atomic mass is 35.5. The van der Waals surface area contributed by atoms with Gasteiger partial charge in [0.2, 0.25) is 0 Å². The molecule has 13 heavy (non-hydrogen) atoms. The molecule has 1 N–H and O–H groups in total. The summed E-state index contributed by atoms with van der Waals surface area (Å²) in [5.74, 6) is -1.00. The summed E-state index contributed by atoms with van der Waals surface area (Å²) in [5.41, 5.74) is 1.02. The van der Waals surface area contributed by atoms with Crippen LogP contribution in [0.5, 0.6) is 0 Å². The summed E-state index contributed by atoms with van der Waals surface area (Å²) in [4.78, 5) is 12.5. The Kier molecular flexibility index (Phi) is 2.78. The van der Waals surface area contributed by atoms with E-state index in [2.05, 4.69) is 0 Å². The molecule has 0 fully saturated rings. The van der Waals surface area contributed by atoms with Crippen LogP contribution in [0.15, 0.2) is 18.2 Å². The molecule has 0 radical (unpaired) electrons. The topological polar surface area (TPSA) is 40.5 Å². The van der Waals surface area contributed by atoms with Crippen LogP contribution in [0.2, 0.25) is 5.02 Å². The van der Waals surface area contributed by atoms with Crippen LogP contribution in [0.25, 0.3) is 0 Å². The molecule has 1 rings (SSSR count). The first-order valence-electron chi connectivity index (χ1n) is 3.72. The Labute approximate surface area is 81.5 Å². The molecule has 0 atom stereocenters. The maximum absolute atomic E-state index is 10.6. The fourth-order valence-electron chi connectivity index (χ4n) is 0.956. The van der Waals surface area contributed by atoms with Crippen molar-refractivity contribution >= 4 is 23.3 Å². The van der Waals surface area contributed by atoms with Gasteiger partial charge in [-0.15, -0.1) is 0 Å². The minimum absolute atomic E-state index is 0.132. The van der Waals surface area contributed by atoms with Crippen LogP contribution in [0.3, 0.4) is 0 Å². The minimum atomic E-state index is -1.00. The fraction of sp³-hybridized carbons (Fsp3) is 0.222. The van der Waals surface area contributed by atoms with Gasteiger partial charge in [-0.05, 0) is 18.2 Å². The van der Waals surface area contributed by atoms with E-state index in [1.165, 1.54) is 6.07 Å². The van der Waals surface area contributed by atoms with E-state index in [-0.39, 0.29) is 10.6 Å². The zero-order valence-corrected chi connectivity index (χ0v) is 8.17. The number of carbonyl (C=O) groups is 1. The van der Waals surface area contributed by atoms with Crippen molar-refractivity contribution in [2.24, 2.45) is 0 Å². The van der Waals surface area contributed by atoms with Crippen molar-refractivity contribution in [3.05, 3.63) is 28.8 Å². The number of halogens is 1. The van der Waals surface area contributed by atoms with Gasteiger partial charge in [0.25, 0.3) is 0 Å². The monoisotopic (exact) mass is 199 g/mol. The smallest absolute Gasteiger partial charge is 0.337 e. The average molecular weight is 200 g/mol. The lowest BCUT2D eigenvalue weighted by Crippen LogP contribution is -2.09. The molecule has 70 valence electrons. The molecule has 0 saturated carbocycles.